The fourth-order valence-corrected chi connectivity index (χ4v) is 3.07. The Balaban J connectivity index is 1.85. The van der Waals surface area contributed by atoms with Crippen LogP contribution in [0.3, 0.4) is 0 Å². The molecule has 0 amide bonds. The minimum Gasteiger partial charge on any atom is -0.388 e. The van der Waals surface area contributed by atoms with Crippen LogP contribution in [0.2, 0.25) is 0 Å². The topological polar surface area (TPSA) is 93.2 Å². The molecule has 0 saturated heterocycles. The number of hydrogen-bond donors (Lipinski definition) is 3. The second-order valence-corrected chi connectivity index (χ2v) is 6.24. The van der Waals surface area contributed by atoms with E-state index in [9.17, 15) is 9.90 Å². The van der Waals surface area contributed by atoms with Gasteiger partial charge in [-0.3, -0.25) is 9.78 Å². The Morgan fingerprint density at radius 1 is 1.41 bits per heavy atom. The number of nitrogens with zero attached hydrogens (tertiary/aromatic N) is 2. The van der Waals surface area contributed by atoms with Gasteiger partial charge in [-0.05, 0) is 37.8 Å². The fraction of sp³-hybridized carbons (Fsp3) is 0.500. The van der Waals surface area contributed by atoms with Crippen molar-refractivity contribution in [3.8, 4) is 0 Å². The molecule has 0 unspecified atom stereocenters. The number of anilines is 1. The van der Waals surface area contributed by atoms with Crippen LogP contribution in [0.1, 0.15) is 25.7 Å². The normalized spacial score (nSPS) is 25.3. The zero-order valence-corrected chi connectivity index (χ0v) is 12.7. The van der Waals surface area contributed by atoms with E-state index in [0.29, 0.717) is 19.4 Å². The van der Waals surface area contributed by atoms with Gasteiger partial charge in [0, 0.05) is 31.9 Å². The average Bonchev–Trinajstić information content (AvgIpc) is 2.52. The molecule has 4 N–H and O–H groups in total. The third-order valence-electron chi connectivity index (χ3n) is 4.57. The van der Waals surface area contributed by atoms with E-state index in [2.05, 4.69) is 10.3 Å². The lowest BCUT2D eigenvalue weighted by Crippen LogP contribution is -2.43. The molecule has 0 aliphatic heterocycles. The number of hydrogen-bond acceptors (Lipinski definition) is 5. The van der Waals surface area contributed by atoms with Gasteiger partial charge in [0.2, 0.25) is 0 Å². The quantitative estimate of drug-likeness (QED) is 0.786. The fourth-order valence-electron chi connectivity index (χ4n) is 3.07. The Hall–Kier alpha value is -1.92. The number of rotatable bonds is 3. The molecule has 6 heteroatoms. The van der Waals surface area contributed by atoms with Gasteiger partial charge in [-0.15, -0.1) is 0 Å². The van der Waals surface area contributed by atoms with Gasteiger partial charge in [0.1, 0.15) is 0 Å². The van der Waals surface area contributed by atoms with E-state index < -0.39 is 5.60 Å². The zero-order chi connectivity index (χ0) is 15.7. The summed E-state index contributed by atoms with van der Waals surface area (Å²) < 4.78 is 1.57. The molecule has 0 spiro atoms. The number of fused-ring (bicyclic) bond motifs is 1. The van der Waals surface area contributed by atoms with Crippen LogP contribution in [0.15, 0.2) is 29.2 Å². The molecule has 0 aromatic carbocycles. The van der Waals surface area contributed by atoms with Crippen LogP contribution >= 0.6 is 0 Å². The lowest BCUT2D eigenvalue weighted by atomic mass is 9.82. The summed E-state index contributed by atoms with van der Waals surface area (Å²) in [7, 11) is 1.73. The monoisotopic (exact) mass is 302 g/mol. The Labute approximate surface area is 129 Å². The molecule has 2 aromatic rings. The third kappa shape index (κ3) is 2.84. The van der Waals surface area contributed by atoms with E-state index in [-0.39, 0.29) is 11.6 Å². The van der Waals surface area contributed by atoms with E-state index in [0.717, 1.165) is 29.6 Å². The van der Waals surface area contributed by atoms with Crippen molar-refractivity contribution < 1.29 is 5.11 Å². The van der Waals surface area contributed by atoms with Crippen LogP contribution in [0, 0.1) is 0 Å². The Morgan fingerprint density at radius 2 is 2.14 bits per heavy atom. The highest BCUT2D eigenvalue weighted by atomic mass is 16.3. The molecule has 3 rings (SSSR count). The lowest BCUT2D eigenvalue weighted by molar-refractivity contribution is 0.0122. The molecule has 1 aliphatic rings. The summed E-state index contributed by atoms with van der Waals surface area (Å²) in [5, 5.41) is 13.9. The smallest absolute Gasteiger partial charge is 0.250 e. The van der Waals surface area contributed by atoms with Crippen molar-refractivity contribution in [3.63, 3.8) is 0 Å². The third-order valence-corrected chi connectivity index (χ3v) is 4.57. The highest BCUT2D eigenvalue weighted by molar-refractivity contribution is 5.87. The number of aliphatic hydroxyl groups is 1. The predicted molar refractivity (Wildman–Crippen MR) is 86.9 cm³/mol. The van der Waals surface area contributed by atoms with Crippen molar-refractivity contribution in [2.75, 3.05) is 11.9 Å². The van der Waals surface area contributed by atoms with Crippen molar-refractivity contribution in [1.82, 2.24) is 9.55 Å². The van der Waals surface area contributed by atoms with Gasteiger partial charge >= 0.3 is 0 Å². The Kier molecular flexibility index (Phi) is 3.88. The van der Waals surface area contributed by atoms with Crippen molar-refractivity contribution in [1.29, 1.82) is 0 Å². The van der Waals surface area contributed by atoms with Crippen molar-refractivity contribution in [2.24, 2.45) is 12.8 Å². The Bertz CT molecular complexity index is 732. The molecule has 1 saturated carbocycles. The molecular weight excluding hydrogens is 280 g/mol. The van der Waals surface area contributed by atoms with Gasteiger partial charge < -0.3 is 20.7 Å². The second-order valence-electron chi connectivity index (χ2n) is 6.24. The highest BCUT2D eigenvalue weighted by Crippen LogP contribution is 2.28. The predicted octanol–water partition coefficient (Wildman–Crippen LogP) is 0.978. The molecule has 6 nitrogen and oxygen atoms in total. The summed E-state index contributed by atoms with van der Waals surface area (Å²) in [4.78, 5) is 16.1. The summed E-state index contributed by atoms with van der Waals surface area (Å²) >= 11 is 0. The summed E-state index contributed by atoms with van der Waals surface area (Å²) in [6, 6.07) is 5.26. The van der Waals surface area contributed by atoms with E-state index in [4.69, 9.17) is 5.73 Å². The van der Waals surface area contributed by atoms with Gasteiger partial charge in [-0.2, -0.15) is 0 Å². The minimum absolute atomic E-state index is 0.0779. The Morgan fingerprint density at radius 3 is 2.86 bits per heavy atom. The largest absolute Gasteiger partial charge is 0.388 e. The molecule has 0 atom stereocenters. The van der Waals surface area contributed by atoms with Crippen molar-refractivity contribution in [2.45, 2.75) is 37.3 Å². The number of aryl methyl sites for hydroxylation is 1. The maximum Gasteiger partial charge on any atom is 0.250 e. The van der Waals surface area contributed by atoms with Gasteiger partial charge in [-0.1, -0.05) is 0 Å². The number of nitrogens with two attached hydrogens (primary N) is 1. The van der Waals surface area contributed by atoms with Crippen LogP contribution in [-0.2, 0) is 7.05 Å². The first kappa shape index (κ1) is 15.0. The van der Waals surface area contributed by atoms with Gasteiger partial charge in [0.25, 0.3) is 5.56 Å². The van der Waals surface area contributed by atoms with E-state index >= 15 is 0 Å². The molecule has 118 valence electrons. The SMILES string of the molecule is Cn1c(=O)ccc2nccc(NCC3(O)CCC(N)CC3)c21. The van der Waals surface area contributed by atoms with Crippen molar-refractivity contribution >= 4 is 16.7 Å². The average molecular weight is 302 g/mol. The van der Waals surface area contributed by atoms with E-state index in [1.807, 2.05) is 6.07 Å². The summed E-state index contributed by atoms with van der Waals surface area (Å²) in [6.45, 7) is 0.446. The zero-order valence-electron chi connectivity index (χ0n) is 12.7. The maximum absolute atomic E-state index is 11.8. The second kappa shape index (κ2) is 5.70. The van der Waals surface area contributed by atoms with Gasteiger partial charge in [0.05, 0.1) is 22.3 Å². The summed E-state index contributed by atoms with van der Waals surface area (Å²) in [6.07, 6.45) is 4.78. The summed E-state index contributed by atoms with van der Waals surface area (Å²) in [5.41, 5.74) is 7.40. The molecule has 1 fully saturated rings. The molecule has 22 heavy (non-hydrogen) atoms. The van der Waals surface area contributed by atoms with Crippen LogP contribution in [0.4, 0.5) is 5.69 Å². The molecule has 0 bridgehead atoms. The van der Waals surface area contributed by atoms with E-state index in [1.165, 1.54) is 6.07 Å². The van der Waals surface area contributed by atoms with Crippen LogP contribution in [0.25, 0.3) is 11.0 Å². The first-order chi connectivity index (χ1) is 10.5. The van der Waals surface area contributed by atoms with Gasteiger partial charge in [0.15, 0.2) is 0 Å². The summed E-state index contributed by atoms with van der Waals surface area (Å²) in [5.74, 6) is 0. The number of pyridine rings is 2. The van der Waals surface area contributed by atoms with Gasteiger partial charge in [-0.25, -0.2) is 0 Å². The van der Waals surface area contributed by atoms with Crippen LogP contribution < -0.4 is 16.6 Å². The molecule has 2 heterocycles. The standard InChI is InChI=1S/C16H22N4O2/c1-20-14(21)3-2-12-15(20)13(6-9-18-12)19-10-16(22)7-4-11(17)5-8-16/h2-3,6,9,11,22H,4-5,7-8,10,17H2,1H3,(H,18,19). The maximum atomic E-state index is 11.8. The molecule has 0 radical (unpaired) electrons. The van der Waals surface area contributed by atoms with Crippen LogP contribution in [-0.4, -0.2) is 32.8 Å². The minimum atomic E-state index is -0.737. The van der Waals surface area contributed by atoms with E-state index in [1.54, 1.807) is 23.9 Å². The molecule has 1 aliphatic carbocycles. The highest BCUT2D eigenvalue weighted by Gasteiger charge is 2.31. The first-order valence-electron chi connectivity index (χ1n) is 7.65. The van der Waals surface area contributed by atoms with Crippen molar-refractivity contribution in [3.05, 3.63) is 34.7 Å². The van der Waals surface area contributed by atoms with Crippen LogP contribution in [0.5, 0.6) is 0 Å². The first-order valence-corrected chi connectivity index (χ1v) is 7.65. The molecule has 2 aromatic heterocycles. The molecular formula is C16H22N4O2. The number of aromatic nitrogens is 2. The lowest BCUT2D eigenvalue weighted by Gasteiger charge is -2.35. The number of nitrogens with one attached hydrogen (secondary N) is 1.